The van der Waals surface area contributed by atoms with E-state index >= 15 is 0 Å². The number of likely N-dealkylation sites (tertiary alicyclic amines) is 1. The zero-order valence-electron chi connectivity index (χ0n) is 10.4. The molecule has 1 rings (SSSR count). The fraction of sp³-hybridized carbons (Fsp3) is 0.583. The van der Waals surface area contributed by atoms with Crippen LogP contribution in [-0.2, 0) is 19.1 Å². The molecule has 0 aromatic carbocycles. The molecule has 5 heteroatoms. The highest BCUT2D eigenvalue weighted by Crippen LogP contribution is 2.21. The highest BCUT2D eigenvalue weighted by atomic mass is 16.5. The lowest BCUT2D eigenvalue weighted by Crippen LogP contribution is -2.50. The number of hydrogen-bond acceptors (Lipinski definition) is 4. The molecule has 0 saturated carbocycles. The number of amides is 2. The second-order valence-corrected chi connectivity index (χ2v) is 4.07. The molecule has 0 radical (unpaired) electrons. The summed E-state index contributed by atoms with van der Waals surface area (Å²) in [6.07, 6.45) is 1.12. The number of carbonyl (C=O) groups excluding carboxylic acids is 3. The first-order valence-electron chi connectivity index (χ1n) is 5.64. The molecule has 1 aliphatic heterocycles. The third-order valence-electron chi connectivity index (χ3n) is 2.59. The minimum Gasteiger partial charge on any atom is -0.461 e. The van der Waals surface area contributed by atoms with Gasteiger partial charge in [-0.3, -0.25) is 19.3 Å². The van der Waals surface area contributed by atoms with Crippen LogP contribution < -0.4 is 0 Å². The lowest BCUT2D eigenvalue weighted by Gasteiger charge is -2.32. The molecule has 0 bridgehead atoms. The van der Waals surface area contributed by atoms with E-state index in [4.69, 9.17) is 4.74 Å². The van der Waals surface area contributed by atoms with Gasteiger partial charge in [-0.25, -0.2) is 0 Å². The number of rotatable bonds is 4. The number of imide groups is 1. The van der Waals surface area contributed by atoms with E-state index in [1.165, 1.54) is 11.8 Å². The summed E-state index contributed by atoms with van der Waals surface area (Å²) in [5, 5.41) is 0. The predicted octanol–water partition coefficient (Wildman–Crippen LogP) is 1.03. The van der Waals surface area contributed by atoms with Gasteiger partial charge in [0.1, 0.15) is 6.61 Å². The van der Waals surface area contributed by atoms with Gasteiger partial charge in [0.15, 0.2) is 0 Å². The van der Waals surface area contributed by atoms with Crippen LogP contribution >= 0.6 is 0 Å². The molecule has 17 heavy (non-hydrogen) atoms. The third-order valence-corrected chi connectivity index (χ3v) is 2.59. The van der Waals surface area contributed by atoms with E-state index in [-0.39, 0.29) is 24.4 Å². The van der Waals surface area contributed by atoms with E-state index in [0.717, 1.165) is 6.42 Å². The standard InChI is InChI=1S/C12H17NO4/c1-4-5-11(15)13-6-10(12(13)16)8(2)7-17-9(3)14/h4-7H2,1-3H3/b10-8+. The highest BCUT2D eigenvalue weighted by molar-refractivity contribution is 6.11. The molecule has 0 unspecified atom stereocenters. The Morgan fingerprint density at radius 3 is 2.47 bits per heavy atom. The van der Waals surface area contributed by atoms with Gasteiger partial charge in [0.05, 0.1) is 6.54 Å². The summed E-state index contributed by atoms with van der Waals surface area (Å²) in [7, 11) is 0. The maximum absolute atomic E-state index is 11.7. The fourth-order valence-electron chi connectivity index (χ4n) is 1.53. The van der Waals surface area contributed by atoms with E-state index in [9.17, 15) is 14.4 Å². The first-order chi connectivity index (χ1) is 7.97. The number of nitrogens with zero attached hydrogens (tertiary/aromatic N) is 1. The molecule has 1 aliphatic rings. The summed E-state index contributed by atoms with van der Waals surface area (Å²) in [6.45, 7) is 5.40. The average Bonchev–Trinajstić information content (AvgIpc) is 2.24. The molecule has 0 atom stereocenters. The lowest BCUT2D eigenvalue weighted by molar-refractivity contribution is -0.147. The molecule has 0 aliphatic carbocycles. The number of carbonyl (C=O) groups is 3. The summed E-state index contributed by atoms with van der Waals surface area (Å²) in [4.78, 5) is 35.0. The van der Waals surface area contributed by atoms with Gasteiger partial charge < -0.3 is 4.74 Å². The van der Waals surface area contributed by atoms with Gasteiger partial charge >= 0.3 is 5.97 Å². The van der Waals surface area contributed by atoms with Crippen LogP contribution in [0.5, 0.6) is 0 Å². The van der Waals surface area contributed by atoms with Crippen molar-refractivity contribution < 1.29 is 19.1 Å². The molecule has 0 N–H and O–H groups in total. The molecule has 0 aromatic heterocycles. The van der Waals surface area contributed by atoms with E-state index in [2.05, 4.69) is 0 Å². The number of hydrogen-bond donors (Lipinski definition) is 0. The van der Waals surface area contributed by atoms with Gasteiger partial charge in [-0.1, -0.05) is 6.92 Å². The summed E-state index contributed by atoms with van der Waals surface area (Å²) >= 11 is 0. The van der Waals surface area contributed by atoms with E-state index in [0.29, 0.717) is 24.1 Å². The van der Waals surface area contributed by atoms with Crippen LogP contribution in [0.2, 0.25) is 0 Å². The van der Waals surface area contributed by atoms with Crippen LogP contribution in [0, 0.1) is 0 Å². The van der Waals surface area contributed by atoms with E-state index in [1.807, 2.05) is 6.92 Å². The zero-order chi connectivity index (χ0) is 13.0. The maximum atomic E-state index is 11.7. The molecular weight excluding hydrogens is 222 g/mol. The zero-order valence-corrected chi connectivity index (χ0v) is 10.4. The smallest absolute Gasteiger partial charge is 0.302 e. The second kappa shape index (κ2) is 5.61. The van der Waals surface area contributed by atoms with Crippen molar-refractivity contribution in [2.24, 2.45) is 0 Å². The van der Waals surface area contributed by atoms with Crippen molar-refractivity contribution in [3.05, 3.63) is 11.1 Å². The molecule has 2 amide bonds. The third kappa shape index (κ3) is 3.15. The van der Waals surface area contributed by atoms with Gasteiger partial charge in [0, 0.05) is 18.9 Å². The predicted molar refractivity (Wildman–Crippen MR) is 61.0 cm³/mol. The Balaban J connectivity index is 2.56. The molecule has 5 nitrogen and oxygen atoms in total. The van der Waals surface area contributed by atoms with Crippen molar-refractivity contribution in [2.75, 3.05) is 13.2 Å². The number of ether oxygens (including phenoxy) is 1. The van der Waals surface area contributed by atoms with Crippen molar-refractivity contribution in [2.45, 2.75) is 33.6 Å². The largest absolute Gasteiger partial charge is 0.461 e. The van der Waals surface area contributed by atoms with Gasteiger partial charge in [0.25, 0.3) is 5.91 Å². The minimum atomic E-state index is -0.379. The SMILES string of the molecule is CCCC(=O)N1C/C(=C(/C)COC(C)=O)C1=O. The molecule has 0 spiro atoms. The topological polar surface area (TPSA) is 63.7 Å². The lowest BCUT2D eigenvalue weighted by atomic mass is 10.0. The van der Waals surface area contributed by atoms with Crippen molar-refractivity contribution in [3.8, 4) is 0 Å². The summed E-state index contributed by atoms with van der Waals surface area (Å²) in [5.41, 5.74) is 1.29. The molecule has 0 aromatic rings. The molecule has 1 saturated heterocycles. The minimum absolute atomic E-state index is 0.117. The van der Waals surface area contributed by atoms with Crippen LogP contribution in [0.25, 0.3) is 0 Å². The van der Waals surface area contributed by atoms with Crippen LogP contribution in [0.1, 0.15) is 33.6 Å². The molecular formula is C12H17NO4. The Labute approximate surface area is 100 Å². The average molecular weight is 239 g/mol. The van der Waals surface area contributed by atoms with Crippen molar-refractivity contribution >= 4 is 17.8 Å². The van der Waals surface area contributed by atoms with Gasteiger partial charge in [0.2, 0.25) is 5.91 Å². The van der Waals surface area contributed by atoms with Crippen molar-refractivity contribution in [1.82, 2.24) is 4.90 Å². The monoisotopic (exact) mass is 239 g/mol. The van der Waals surface area contributed by atoms with Crippen LogP contribution in [0.4, 0.5) is 0 Å². The van der Waals surface area contributed by atoms with Crippen LogP contribution in [0.3, 0.4) is 0 Å². The number of esters is 1. The Hall–Kier alpha value is -1.65. The fourth-order valence-corrected chi connectivity index (χ4v) is 1.53. The normalized spacial score (nSPS) is 17.6. The van der Waals surface area contributed by atoms with Crippen molar-refractivity contribution in [3.63, 3.8) is 0 Å². The second-order valence-electron chi connectivity index (χ2n) is 4.07. The van der Waals surface area contributed by atoms with E-state index in [1.54, 1.807) is 6.92 Å². The Morgan fingerprint density at radius 2 is 2.00 bits per heavy atom. The first kappa shape index (κ1) is 13.4. The Bertz CT molecular complexity index is 384. The Morgan fingerprint density at radius 1 is 1.35 bits per heavy atom. The van der Waals surface area contributed by atoms with Gasteiger partial charge in [-0.2, -0.15) is 0 Å². The van der Waals surface area contributed by atoms with Crippen LogP contribution in [-0.4, -0.2) is 35.8 Å². The van der Waals surface area contributed by atoms with E-state index < -0.39 is 0 Å². The Kier molecular flexibility index (Phi) is 4.43. The number of β-lactam (4-membered cyclic amide) rings is 1. The summed E-state index contributed by atoms with van der Waals surface area (Å²) in [5.74, 6) is -0.773. The van der Waals surface area contributed by atoms with Crippen molar-refractivity contribution in [1.29, 1.82) is 0 Å². The summed E-state index contributed by atoms with van der Waals surface area (Å²) in [6, 6.07) is 0. The molecule has 1 fully saturated rings. The molecule has 1 heterocycles. The maximum Gasteiger partial charge on any atom is 0.302 e. The van der Waals surface area contributed by atoms with Crippen LogP contribution in [0.15, 0.2) is 11.1 Å². The highest BCUT2D eigenvalue weighted by Gasteiger charge is 2.36. The quantitative estimate of drug-likeness (QED) is 0.417. The first-order valence-corrected chi connectivity index (χ1v) is 5.64. The van der Waals surface area contributed by atoms with Gasteiger partial charge in [-0.05, 0) is 18.9 Å². The summed E-state index contributed by atoms with van der Waals surface area (Å²) < 4.78 is 4.80. The van der Waals surface area contributed by atoms with Gasteiger partial charge in [-0.15, -0.1) is 0 Å². The molecule has 94 valence electrons.